The van der Waals surface area contributed by atoms with Crippen molar-refractivity contribution in [3.63, 3.8) is 0 Å². The summed E-state index contributed by atoms with van der Waals surface area (Å²) in [5.41, 5.74) is 0.626. The SMILES string of the molecule is CCOC(=O)c1ccc(NS(=O)(=O)c2ccc(OCC(=O)OC)cc2)cc1. The Kier molecular flexibility index (Phi) is 6.78. The summed E-state index contributed by atoms with van der Waals surface area (Å²) in [6.45, 7) is 1.69. The molecule has 0 fully saturated rings. The minimum absolute atomic E-state index is 0.0161. The maximum Gasteiger partial charge on any atom is 0.343 e. The largest absolute Gasteiger partial charge is 0.482 e. The van der Waals surface area contributed by atoms with Crippen molar-refractivity contribution in [3.05, 3.63) is 54.1 Å². The van der Waals surface area contributed by atoms with Crippen molar-refractivity contribution in [3.8, 4) is 5.75 Å². The topological polar surface area (TPSA) is 108 Å². The second-order valence-electron chi connectivity index (χ2n) is 5.24. The first-order chi connectivity index (χ1) is 12.9. The average molecular weight is 393 g/mol. The molecule has 0 aliphatic heterocycles. The van der Waals surface area contributed by atoms with Crippen LogP contribution < -0.4 is 9.46 Å². The maximum absolute atomic E-state index is 12.4. The maximum atomic E-state index is 12.4. The lowest BCUT2D eigenvalue weighted by molar-refractivity contribution is -0.142. The number of hydrogen-bond donors (Lipinski definition) is 1. The molecule has 8 nitrogen and oxygen atoms in total. The van der Waals surface area contributed by atoms with Gasteiger partial charge in [0.25, 0.3) is 10.0 Å². The Labute approximate surface area is 157 Å². The summed E-state index contributed by atoms with van der Waals surface area (Å²) >= 11 is 0. The number of methoxy groups -OCH3 is 1. The number of carbonyl (C=O) groups is 2. The summed E-state index contributed by atoms with van der Waals surface area (Å²) in [7, 11) is -2.58. The zero-order valence-corrected chi connectivity index (χ0v) is 15.6. The van der Waals surface area contributed by atoms with E-state index in [1.54, 1.807) is 6.92 Å². The molecule has 144 valence electrons. The van der Waals surface area contributed by atoms with E-state index in [9.17, 15) is 18.0 Å². The summed E-state index contributed by atoms with van der Waals surface area (Å²) < 4.78 is 41.8. The molecule has 0 unspecified atom stereocenters. The number of anilines is 1. The van der Waals surface area contributed by atoms with Crippen molar-refractivity contribution in [2.75, 3.05) is 25.0 Å². The molecule has 0 saturated heterocycles. The van der Waals surface area contributed by atoms with Gasteiger partial charge in [-0.1, -0.05) is 0 Å². The van der Waals surface area contributed by atoms with E-state index in [-0.39, 0.29) is 18.1 Å². The number of ether oxygens (including phenoxy) is 3. The summed E-state index contributed by atoms with van der Waals surface area (Å²) in [5.74, 6) is -0.688. The number of hydrogen-bond acceptors (Lipinski definition) is 7. The van der Waals surface area contributed by atoms with Gasteiger partial charge in [-0.3, -0.25) is 4.72 Å². The summed E-state index contributed by atoms with van der Waals surface area (Å²) in [6, 6.07) is 11.4. The van der Waals surface area contributed by atoms with Gasteiger partial charge in [0, 0.05) is 5.69 Å². The second-order valence-corrected chi connectivity index (χ2v) is 6.92. The molecule has 1 N–H and O–H groups in total. The number of benzene rings is 2. The zero-order valence-electron chi connectivity index (χ0n) is 14.8. The van der Waals surface area contributed by atoms with E-state index in [0.717, 1.165) is 0 Å². The molecule has 2 aromatic rings. The predicted molar refractivity (Wildman–Crippen MR) is 97.2 cm³/mol. The van der Waals surface area contributed by atoms with Gasteiger partial charge in [0.1, 0.15) is 5.75 Å². The molecule has 0 aliphatic carbocycles. The third-order valence-corrected chi connectivity index (χ3v) is 4.76. The molecule has 0 spiro atoms. The van der Waals surface area contributed by atoms with Crippen molar-refractivity contribution in [1.29, 1.82) is 0 Å². The van der Waals surface area contributed by atoms with Crippen molar-refractivity contribution in [1.82, 2.24) is 0 Å². The second kappa shape index (κ2) is 9.04. The molecular weight excluding hydrogens is 374 g/mol. The number of carbonyl (C=O) groups excluding carboxylic acids is 2. The van der Waals surface area contributed by atoms with Crippen LogP contribution in [-0.2, 0) is 24.3 Å². The number of esters is 2. The van der Waals surface area contributed by atoms with Crippen LogP contribution in [0.2, 0.25) is 0 Å². The average Bonchev–Trinajstić information content (AvgIpc) is 2.67. The lowest BCUT2D eigenvalue weighted by Crippen LogP contribution is -2.14. The highest BCUT2D eigenvalue weighted by Gasteiger charge is 2.15. The highest BCUT2D eigenvalue weighted by molar-refractivity contribution is 7.92. The molecule has 0 aliphatic rings. The molecule has 0 heterocycles. The fourth-order valence-corrected chi connectivity index (χ4v) is 3.08. The number of rotatable bonds is 8. The van der Waals surface area contributed by atoms with Crippen LogP contribution in [0.1, 0.15) is 17.3 Å². The molecule has 0 amide bonds. The normalized spacial score (nSPS) is 10.7. The number of sulfonamides is 1. The van der Waals surface area contributed by atoms with E-state index in [0.29, 0.717) is 17.0 Å². The summed E-state index contributed by atoms with van der Waals surface area (Å²) in [6.07, 6.45) is 0. The van der Waals surface area contributed by atoms with Crippen LogP contribution in [0.25, 0.3) is 0 Å². The van der Waals surface area contributed by atoms with Crippen LogP contribution in [0.15, 0.2) is 53.4 Å². The van der Waals surface area contributed by atoms with Gasteiger partial charge in [-0.2, -0.15) is 0 Å². The Morgan fingerprint density at radius 1 is 1.00 bits per heavy atom. The van der Waals surface area contributed by atoms with E-state index >= 15 is 0 Å². The van der Waals surface area contributed by atoms with Gasteiger partial charge in [0.05, 0.1) is 24.2 Å². The van der Waals surface area contributed by atoms with Crippen LogP contribution in [0.3, 0.4) is 0 Å². The fourth-order valence-electron chi connectivity index (χ4n) is 2.02. The molecule has 2 rings (SSSR count). The van der Waals surface area contributed by atoms with Crippen molar-refractivity contribution in [2.24, 2.45) is 0 Å². The minimum Gasteiger partial charge on any atom is -0.482 e. The van der Waals surface area contributed by atoms with Gasteiger partial charge >= 0.3 is 11.9 Å². The van der Waals surface area contributed by atoms with E-state index in [1.807, 2.05) is 0 Å². The van der Waals surface area contributed by atoms with E-state index < -0.39 is 22.0 Å². The van der Waals surface area contributed by atoms with Crippen LogP contribution in [0, 0.1) is 0 Å². The predicted octanol–water partition coefficient (Wildman–Crippen LogP) is 2.22. The van der Waals surface area contributed by atoms with Crippen LogP contribution in [-0.4, -0.2) is 40.7 Å². The zero-order chi connectivity index (χ0) is 19.9. The molecule has 0 radical (unpaired) electrons. The van der Waals surface area contributed by atoms with E-state index in [1.165, 1.54) is 55.6 Å². The Morgan fingerprint density at radius 2 is 1.63 bits per heavy atom. The van der Waals surface area contributed by atoms with Gasteiger partial charge < -0.3 is 14.2 Å². The highest BCUT2D eigenvalue weighted by Crippen LogP contribution is 2.20. The van der Waals surface area contributed by atoms with E-state index in [4.69, 9.17) is 9.47 Å². The van der Waals surface area contributed by atoms with Crippen LogP contribution in [0.4, 0.5) is 5.69 Å². The van der Waals surface area contributed by atoms with Crippen molar-refractivity contribution < 1.29 is 32.2 Å². The molecule has 2 aromatic carbocycles. The molecule has 0 atom stereocenters. The molecule has 9 heteroatoms. The monoisotopic (exact) mass is 393 g/mol. The van der Waals surface area contributed by atoms with Gasteiger partial charge in [0.15, 0.2) is 6.61 Å². The molecule has 0 aromatic heterocycles. The van der Waals surface area contributed by atoms with Crippen LogP contribution >= 0.6 is 0 Å². The smallest absolute Gasteiger partial charge is 0.343 e. The molecule has 0 saturated carbocycles. The Balaban J connectivity index is 2.05. The summed E-state index contributed by atoms with van der Waals surface area (Å²) in [5, 5.41) is 0. The first-order valence-electron chi connectivity index (χ1n) is 7.95. The minimum atomic E-state index is -3.82. The third kappa shape index (κ3) is 5.71. The van der Waals surface area contributed by atoms with Gasteiger partial charge in [0.2, 0.25) is 0 Å². The lowest BCUT2D eigenvalue weighted by atomic mass is 10.2. The standard InChI is InChI=1S/C18H19NO7S/c1-3-25-18(21)13-4-6-14(7-5-13)19-27(22,23)16-10-8-15(9-11-16)26-12-17(20)24-2/h4-11,19H,3,12H2,1-2H3. The third-order valence-electron chi connectivity index (χ3n) is 3.37. The Morgan fingerprint density at radius 3 is 2.19 bits per heavy atom. The van der Waals surface area contributed by atoms with Crippen LogP contribution in [0.5, 0.6) is 5.75 Å². The number of nitrogens with one attached hydrogen (secondary N) is 1. The van der Waals surface area contributed by atoms with Gasteiger partial charge in [-0.25, -0.2) is 18.0 Å². The first-order valence-corrected chi connectivity index (χ1v) is 9.43. The Hall–Kier alpha value is -3.07. The van der Waals surface area contributed by atoms with Crippen molar-refractivity contribution >= 4 is 27.6 Å². The fraction of sp³-hybridized carbons (Fsp3) is 0.222. The molecule has 0 bridgehead atoms. The van der Waals surface area contributed by atoms with Gasteiger partial charge in [-0.05, 0) is 55.5 Å². The Bertz CT molecular complexity index is 890. The first kappa shape index (κ1) is 20.2. The quantitative estimate of drug-likeness (QED) is 0.685. The van der Waals surface area contributed by atoms with Gasteiger partial charge in [-0.15, -0.1) is 0 Å². The van der Waals surface area contributed by atoms with Crippen molar-refractivity contribution in [2.45, 2.75) is 11.8 Å². The lowest BCUT2D eigenvalue weighted by Gasteiger charge is -2.10. The summed E-state index contributed by atoms with van der Waals surface area (Å²) in [4.78, 5) is 22.7. The van der Waals surface area contributed by atoms with E-state index in [2.05, 4.69) is 9.46 Å². The molecular formula is C18H19NO7S. The highest BCUT2D eigenvalue weighted by atomic mass is 32.2. The molecule has 27 heavy (non-hydrogen) atoms.